The molecule has 0 heterocycles. The number of amides is 1. The van der Waals surface area contributed by atoms with Gasteiger partial charge in [0.05, 0.1) is 0 Å². The van der Waals surface area contributed by atoms with Gasteiger partial charge in [0.25, 0.3) is 0 Å². The van der Waals surface area contributed by atoms with Gasteiger partial charge in [-0.1, -0.05) is 33.6 Å². The van der Waals surface area contributed by atoms with Crippen LogP contribution in [0.1, 0.15) is 67.2 Å². The summed E-state index contributed by atoms with van der Waals surface area (Å²) in [6, 6.07) is 0.538. The Labute approximate surface area is 124 Å². The van der Waals surface area contributed by atoms with Gasteiger partial charge in [0.15, 0.2) is 0 Å². The molecule has 0 aromatic heterocycles. The van der Waals surface area contributed by atoms with Gasteiger partial charge in [0.2, 0.25) is 0 Å². The highest BCUT2D eigenvalue weighted by molar-refractivity contribution is 5.68. The van der Waals surface area contributed by atoms with Gasteiger partial charge in [-0.05, 0) is 39.0 Å². The summed E-state index contributed by atoms with van der Waals surface area (Å²) < 4.78 is 5.36. The summed E-state index contributed by atoms with van der Waals surface area (Å²) >= 11 is 0. The lowest BCUT2D eigenvalue weighted by molar-refractivity contribution is 0.0478. The van der Waals surface area contributed by atoms with E-state index in [9.17, 15) is 4.79 Å². The molecule has 20 heavy (non-hydrogen) atoms. The second-order valence-corrected chi connectivity index (χ2v) is 8.09. The zero-order chi connectivity index (χ0) is 15.4. The van der Waals surface area contributed by atoms with E-state index in [1.165, 1.54) is 12.8 Å². The maximum atomic E-state index is 11.9. The monoisotopic (exact) mass is 284 g/mol. The van der Waals surface area contributed by atoms with Crippen LogP contribution in [0.15, 0.2) is 0 Å². The Kier molecular flexibility index (Phi) is 5.87. The third-order valence-electron chi connectivity index (χ3n) is 3.36. The van der Waals surface area contributed by atoms with Crippen molar-refractivity contribution in [3.8, 4) is 0 Å². The van der Waals surface area contributed by atoms with Gasteiger partial charge in [0, 0.05) is 18.6 Å². The van der Waals surface area contributed by atoms with E-state index >= 15 is 0 Å². The van der Waals surface area contributed by atoms with E-state index in [0.29, 0.717) is 6.04 Å². The van der Waals surface area contributed by atoms with E-state index in [1.807, 2.05) is 20.8 Å². The van der Waals surface area contributed by atoms with Crippen molar-refractivity contribution >= 4 is 6.09 Å². The highest BCUT2D eigenvalue weighted by atomic mass is 16.6. The average molecular weight is 284 g/mol. The second-order valence-electron chi connectivity index (χ2n) is 8.09. The Morgan fingerprint density at radius 3 is 2.10 bits per heavy atom. The Hall–Kier alpha value is -0.770. The van der Waals surface area contributed by atoms with Crippen LogP contribution in [0.5, 0.6) is 0 Å². The highest BCUT2D eigenvalue weighted by Gasteiger charge is 2.28. The summed E-state index contributed by atoms with van der Waals surface area (Å²) in [6.07, 6.45) is 4.26. The van der Waals surface area contributed by atoms with E-state index < -0.39 is 5.60 Å². The fraction of sp³-hybridized carbons (Fsp3) is 0.938. The van der Waals surface area contributed by atoms with Crippen molar-refractivity contribution in [3.05, 3.63) is 0 Å². The first kappa shape index (κ1) is 17.3. The molecular formula is C16H32N2O2. The molecular weight excluding hydrogens is 252 g/mol. The Balaban J connectivity index is 2.49. The van der Waals surface area contributed by atoms with Crippen LogP contribution in [0.25, 0.3) is 0 Å². The smallest absolute Gasteiger partial charge is 0.407 e. The maximum absolute atomic E-state index is 11.9. The fourth-order valence-electron chi connectivity index (χ4n) is 2.44. The lowest BCUT2D eigenvalue weighted by atomic mass is 9.88. The molecule has 0 spiro atoms. The SMILES string of the molecule is CC(C)(C)CN[C@H]1CCCC[C@H]1NC(=O)OC(C)(C)C. The van der Waals surface area contributed by atoms with E-state index in [1.54, 1.807) is 0 Å². The van der Waals surface area contributed by atoms with Crippen LogP contribution in [0.2, 0.25) is 0 Å². The van der Waals surface area contributed by atoms with Crippen molar-refractivity contribution in [1.82, 2.24) is 10.6 Å². The molecule has 1 aliphatic rings. The number of ether oxygens (including phenoxy) is 1. The molecule has 0 aromatic rings. The van der Waals surface area contributed by atoms with Gasteiger partial charge in [-0.3, -0.25) is 0 Å². The predicted molar refractivity (Wildman–Crippen MR) is 82.9 cm³/mol. The molecule has 0 unspecified atom stereocenters. The summed E-state index contributed by atoms with van der Waals surface area (Å²) in [5.41, 5.74) is -0.180. The molecule has 0 radical (unpaired) electrons. The van der Waals surface area contributed by atoms with Crippen molar-refractivity contribution in [2.45, 2.75) is 84.9 Å². The third-order valence-corrected chi connectivity index (χ3v) is 3.36. The Bertz CT molecular complexity index is 315. The topological polar surface area (TPSA) is 50.4 Å². The van der Waals surface area contributed by atoms with Crippen molar-refractivity contribution in [1.29, 1.82) is 0 Å². The molecule has 0 bridgehead atoms. The third kappa shape index (κ3) is 7.13. The van der Waals surface area contributed by atoms with Gasteiger partial charge in [-0.15, -0.1) is 0 Å². The van der Waals surface area contributed by atoms with Crippen molar-refractivity contribution in [3.63, 3.8) is 0 Å². The van der Waals surface area contributed by atoms with Crippen LogP contribution < -0.4 is 10.6 Å². The quantitative estimate of drug-likeness (QED) is 0.834. The predicted octanol–water partition coefficient (Wildman–Crippen LogP) is 3.46. The molecule has 1 rings (SSSR count). The molecule has 0 aromatic carbocycles. The first-order valence-corrected chi connectivity index (χ1v) is 7.80. The van der Waals surface area contributed by atoms with E-state index in [0.717, 1.165) is 19.4 Å². The maximum Gasteiger partial charge on any atom is 0.407 e. The molecule has 1 aliphatic carbocycles. The number of hydrogen-bond donors (Lipinski definition) is 2. The lowest BCUT2D eigenvalue weighted by Crippen LogP contribution is -2.53. The lowest BCUT2D eigenvalue weighted by Gasteiger charge is -2.35. The largest absolute Gasteiger partial charge is 0.444 e. The number of carbonyl (C=O) groups excluding carboxylic acids is 1. The van der Waals surface area contributed by atoms with Gasteiger partial charge in [-0.25, -0.2) is 4.79 Å². The number of carbonyl (C=O) groups is 1. The Morgan fingerprint density at radius 2 is 1.60 bits per heavy atom. The molecule has 0 aliphatic heterocycles. The molecule has 118 valence electrons. The number of hydrogen-bond acceptors (Lipinski definition) is 3. The van der Waals surface area contributed by atoms with Crippen LogP contribution in [0, 0.1) is 5.41 Å². The number of alkyl carbamates (subject to hydrolysis) is 1. The summed E-state index contributed by atoms with van der Waals surface area (Å²) in [6.45, 7) is 13.3. The van der Waals surface area contributed by atoms with Crippen LogP contribution in [0.3, 0.4) is 0 Å². The highest BCUT2D eigenvalue weighted by Crippen LogP contribution is 2.21. The molecule has 1 amide bonds. The second kappa shape index (κ2) is 6.79. The van der Waals surface area contributed by atoms with Crippen molar-refractivity contribution in [2.24, 2.45) is 5.41 Å². The summed E-state index contributed by atoms with van der Waals surface area (Å²) in [5, 5.41) is 6.65. The Morgan fingerprint density at radius 1 is 1.05 bits per heavy atom. The van der Waals surface area contributed by atoms with E-state index in [-0.39, 0.29) is 17.6 Å². The standard InChI is InChI=1S/C16H32N2O2/c1-15(2,3)11-17-12-9-7-8-10-13(12)18-14(19)20-16(4,5)6/h12-13,17H,7-11H2,1-6H3,(H,18,19)/t12-,13+/m0/s1. The molecule has 1 fully saturated rings. The van der Waals surface area contributed by atoms with E-state index in [4.69, 9.17) is 4.74 Å². The van der Waals surface area contributed by atoms with E-state index in [2.05, 4.69) is 31.4 Å². The van der Waals surface area contributed by atoms with Crippen LogP contribution in [-0.4, -0.2) is 30.3 Å². The average Bonchev–Trinajstić information content (AvgIpc) is 2.24. The number of rotatable bonds is 3. The molecule has 4 nitrogen and oxygen atoms in total. The van der Waals surface area contributed by atoms with Crippen LogP contribution >= 0.6 is 0 Å². The number of nitrogens with one attached hydrogen (secondary N) is 2. The summed E-state index contributed by atoms with van der Waals surface area (Å²) in [7, 11) is 0. The van der Waals surface area contributed by atoms with Crippen LogP contribution in [-0.2, 0) is 4.74 Å². The minimum atomic E-state index is -0.437. The van der Waals surface area contributed by atoms with Gasteiger partial charge >= 0.3 is 6.09 Å². The van der Waals surface area contributed by atoms with Crippen molar-refractivity contribution in [2.75, 3.05) is 6.54 Å². The zero-order valence-corrected chi connectivity index (χ0v) is 14.0. The first-order chi connectivity index (χ1) is 9.07. The molecule has 0 saturated heterocycles. The first-order valence-electron chi connectivity index (χ1n) is 7.80. The van der Waals surface area contributed by atoms with Gasteiger partial charge in [-0.2, -0.15) is 0 Å². The molecule has 1 saturated carbocycles. The molecule has 2 atom stereocenters. The minimum Gasteiger partial charge on any atom is -0.444 e. The van der Waals surface area contributed by atoms with Crippen LogP contribution in [0.4, 0.5) is 4.79 Å². The molecule has 2 N–H and O–H groups in total. The van der Waals surface area contributed by atoms with Crippen molar-refractivity contribution < 1.29 is 9.53 Å². The summed E-state index contributed by atoms with van der Waals surface area (Å²) in [4.78, 5) is 11.9. The van der Waals surface area contributed by atoms with Gasteiger partial charge in [0.1, 0.15) is 5.60 Å². The molecule has 4 heteroatoms. The normalized spacial score (nSPS) is 24.3. The minimum absolute atomic E-state index is 0.181. The zero-order valence-electron chi connectivity index (χ0n) is 14.0. The fourth-order valence-corrected chi connectivity index (χ4v) is 2.44. The van der Waals surface area contributed by atoms with Gasteiger partial charge < -0.3 is 15.4 Å². The summed E-state index contributed by atoms with van der Waals surface area (Å²) in [5.74, 6) is 0.